The van der Waals surface area contributed by atoms with Crippen molar-refractivity contribution in [3.63, 3.8) is 0 Å². The predicted octanol–water partition coefficient (Wildman–Crippen LogP) is 3.94. The van der Waals surface area contributed by atoms with E-state index in [9.17, 15) is 14.9 Å². The standard InChI is InChI=1S/C24H30N4O5/c1-2-32-23-14-19(15-26-27-24(29)16-25-20-6-4-3-5-7-20)10-13-22(23)33-17-18-8-11-21(12-9-18)28(30)31/h8-15,20,25H,2-7,16-17H2,1H3,(H,27,29)/b26-15-. The monoisotopic (exact) mass is 454 g/mol. The number of rotatable bonds is 11. The van der Waals surface area contributed by atoms with Gasteiger partial charge in [0.25, 0.3) is 11.6 Å². The Kier molecular flexibility index (Phi) is 9.19. The highest BCUT2D eigenvalue weighted by Crippen LogP contribution is 2.29. The number of carbonyl (C=O) groups is 1. The Bertz CT molecular complexity index is 956. The van der Waals surface area contributed by atoms with Crippen LogP contribution in [0.2, 0.25) is 0 Å². The minimum Gasteiger partial charge on any atom is -0.490 e. The molecule has 3 rings (SSSR count). The van der Waals surface area contributed by atoms with Crippen molar-refractivity contribution in [2.75, 3.05) is 13.2 Å². The SMILES string of the molecule is CCOc1cc(/C=N\NC(=O)CNC2CCCCC2)ccc1OCc1ccc([N+](=O)[O-])cc1. The number of ether oxygens (including phenoxy) is 2. The molecule has 0 bridgehead atoms. The maximum Gasteiger partial charge on any atom is 0.269 e. The third-order valence-corrected chi connectivity index (χ3v) is 5.37. The molecule has 0 spiro atoms. The number of benzene rings is 2. The van der Waals surface area contributed by atoms with E-state index in [0.29, 0.717) is 24.1 Å². The van der Waals surface area contributed by atoms with Crippen molar-refractivity contribution in [2.45, 2.75) is 51.7 Å². The molecule has 2 aromatic carbocycles. The summed E-state index contributed by atoms with van der Waals surface area (Å²) in [6.45, 7) is 2.83. The van der Waals surface area contributed by atoms with E-state index in [0.717, 1.165) is 24.0 Å². The predicted molar refractivity (Wildman–Crippen MR) is 126 cm³/mol. The number of nitrogens with zero attached hydrogens (tertiary/aromatic N) is 2. The smallest absolute Gasteiger partial charge is 0.269 e. The Hall–Kier alpha value is -3.46. The van der Waals surface area contributed by atoms with E-state index in [1.807, 2.05) is 13.0 Å². The van der Waals surface area contributed by atoms with Crippen LogP contribution in [0.4, 0.5) is 5.69 Å². The van der Waals surface area contributed by atoms with Crippen LogP contribution >= 0.6 is 0 Å². The van der Waals surface area contributed by atoms with Gasteiger partial charge < -0.3 is 14.8 Å². The summed E-state index contributed by atoms with van der Waals surface area (Å²) in [5.41, 5.74) is 4.14. The topological polar surface area (TPSA) is 115 Å². The molecule has 0 aromatic heterocycles. The average Bonchev–Trinajstić information content (AvgIpc) is 2.83. The normalized spacial score (nSPS) is 14.2. The van der Waals surface area contributed by atoms with Crippen LogP contribution in [0.15, 0.2) is 47.6 Å². The van der Waals surface area contributed by atoms with Crippen molar-refractivity contribution in [1.82, 2.24) is 10.7 Å². The van der Waals surface area contributed by atoms with Crippen molar-refractivity contribution >= 4 is 17.8 Å². The second-order valence-corrected chi connectivity index (χ2v) is 7.86. The summed E-state index contributed by atoms with van der Waals surface area (Å²) in [5.74, 6) is 0.923. The number of nitro groups is 1. The van der Waals surface area contributed by atoms with Crippen molar-refractivity contribution in [2.24, 2.45) is 5.10 Å². The largest absolute Gasteiger partial charge is 0.490 e. The highest BCUT2D eigenvalue weighted by Gasteiger charge is 2.13. The molecule has 9 heteroatoms. The van der Waals surface area contributed by atoms with Crippen LogP contribution in [0, 0.1) is 10.1 Å². The highest BCUT2D eigenvalue weighted by molar-refractivity contribution is 5.83. The number of nitro benzene ring substituents is 1. The van der Waals surface area contributed by atoms with Gasteiger partial charge in [-0.3, -0.25) is 14.9 Å². The Morgan fingerprint density at radius 2 is 1.88 bits per heavy atom. The summed E-state index contributed by atoms with van der Waals surface area (Å²) in [4.78, 5) is 22.3. The van der Waals surface area contributed by atoms with Gasteiger partial charge in [0, 0.05) is 18.2 Å². The van der Waals surface area contributed by atoms with E-state index < -0.39 is 4.92 Å². The fourth-order valence-corrected chi connectivity index (χ4v) is 3.63. The maximum absolute atomic E-state index is 12.0. The van der Waals surface area contributed by atoms with Crippen molar-refractivity contribution in [3.8, 4) is 11.5 Å². The van der Waals surface area contributed by atoms with E-state index in [-0.39, 0.29) is 24.7 Å². The minimum atomic E-state index is -0.437. The van der Waals surface area contributed by atoms with Gasteiger partial charge in [-0.1, -0.05) is 19.3 Å². The summed E-state index contributed by atoms with van der Waals surface area (Å²) in [5, 5.41) is 18.1. The van der Waals surface area contributed by atoms with Crippen LogP contribution in [0.3, 0.4) is 0 Å². The third kappa shape index (κ3) is 7.87. The number of hydrazone groups is 1. The lowest BCUT2D eigenvalue weighted by Crippen LogP contribution is -2.38. The van der Waals surface area contributed by atoms with Crippen LogP contribution in [0.25, 0.3) is 0 Å². The Balaban J connectivity index is 1.52. The zero-order valence-electron chi connectivity index (χ0n) is 18.8. The van der Waals surface area contributed by atoms with Crippen LogP contribution in [0.5, 0.6) is 11.5 Å². The van der Waals surface area contributed by atoms with Gasteiger partial charge in [-0.05, 0) is 61.2 Å². The van der Waals surface area contributed by atoms with Crippen LogP contribution < -0.4 is 20.2 Å². The number of non-ortho nitro benzene ring substituents is 1. The van der Waals surface area contributed by atoms with Crippen molar-refractivity contribution in [3.05, 3.63) is 63.7 Å². The molecule has 1 aliphatic rings. The van der Waals surface area contributed by atoms with Gasteiger partial charge in [-0.15, -0.1) is 0 Å². The fourth-order valence-electron chi connectivity index (χ4n) is 3.63. The van der Waals surface area contributed by atoms with Crippen molar-refractivity contribution in [1.29, 1.82) is 0 Å². The zero-order valence-corrected chi connectivity index (χ0v) is 18.8. The molecule has 1 amide bonds. The first-order valence-corrected chi connectivity index (χ1v) is 11.2. The Morgan fingerprint density at radius 1 is 1.12 bits per heavy atom. The van der Waals surface area contributed by atoms with Crippen LogP contribution in [-0.2, 0) is 11.4 Å². The summed E-state index contributed by atoms with van der Waals surface area (Å²) >= 11 is 0. The maximum atomic E-state index is 12.0. The summed E-state index contributed by atoms with van der Waals surface area (Å²) in [6, 6.07) is 12.0. The molecule has 2 aromatic rings. The van der Waals surface area contributed by atoms with Gasteiger partial charge in [-0.2, -0.15) is 5.10 Å². The first-order valence-electron chi connectivity index (χ1n) is 11.2. The molecule has 1 fully saturated rings. The van der Waals surface area contributed by atoms with E-state index in [2.05, 4.69) is 15.8 Å². The van der Waals surface area contributed by atoms with Gasteiger partial charge in [-0.25, -0.2) is 5.43 Å². The molecular formula is C24H30N4O5. The molecule has 0 radical (unpaired) electrons. The average molecular weight is 455 g/mol. The summed E-state index contributed by atoms with van der Waals surface area (Å²) < 4.78 is 11.5. The molecule has 1 aliphatic carbocycles. The molecule has 33 heavy (non-hydrogen) atoms. The number of nitrogens with one attached hydrogen (secondary N) is 2. The quantitative estimate of drug-likeness (QED) is 0.302. The van der Waals surface area contributed by atoms with E-state index >= 15 is 0 Å². The first kappa shape index (κ1) is 24.2. The number of carbonyl (C=O) groups excluding carboxylic acids is 1. The number of hydrogen-bond acceptors (Lipinski definition) is 7. The van der Waals surface area contributed by atoms with Gasteiger partial charge in [0.05, 0.1) is 24.3 Å². The first-order chi connectivity index (χ1) is 16.0. The molecule has 0 unspecified atom stereocenters. The van der Waals surface area contributed by atoms with Gasteiger partial charge >= 0.3 is 0 Å². The van der Waals surface area contributed by atoms with Gasteiger partial charge in [0.1, 0.15) is 6.61 Å². The highest BCUT2D eigenvalue weighted by atomic mass is 16.6. The molecule has 0 atom stereocenters. The zero-order chi connectivity index (χ0) is 23.5. The molecule has 0 heterocycles. The molecule has 0 aliphatic heterocycles. The molecule has 0 saturated heterocycles. The number of amides is 1. The molecule has 2 N–H and O–H groups in total. The Labute approximate surface area is 193 Å². The molecule has 9 nitrogen and oxygen atoms in total. The van der Waals surface area contributed by atoms with E-state index in [1.54, 1.807) is 30.5 Å². The second-order valence-electron chi connectivity index (χ2n) is 7.86. The van der Waals surface area contributed by atoms with Gasteiger partial charge in [0.15, 0.2) is 11.5 Å². The molecular weight excluding hydrogens is 424 g/mol. The third-order valence-electron chi connectivity index (χ3n) is 5.37. The van der Waals surface area contributed by atoms with Crippen molar-refractivity contribution < 1.29 is 19.2 Å². The fraction of sp³-hybridized carbons (Fsp3) is 0.417. The van der Waals surface area contributed by atoms with Crippen LogP contribution in [-0.4, -0.2) is 36.2 Å². The summed E-state index contributed by atoms with van der Waals surface area (Å²) in [6.07, 6.45) is 7.51. The lowest BCUT2D eigenvalue weighted by Gasteiger charge is -2.22. The molecule has 1 saturated carbocycles. The lowest BCUT2D eigenvalue weighted by molar-refractivity contribution is -0.384. The Morgan fingerprint density at radius 3 is 2.58 bits per heavy atom. The lowest BCUT2D eigenvalue weighted by atomic mass is 9.95. The minimum absolute atomic E-state index is 0.0363. The van der Waals surface area contributed by atoms with Gasteiger partial charge in [0.2, 0.25) is 0 Å². The van der Waals surface area contributed by atoms with Crippen LogP contribution in [0.1, 0.15) is 50.2 Å². The van der Waals surface area contributed by atoms with E-state index in [4.69, 9.17) is 9.47 Å². The van der Waals surface area contributed by atoms with E-state index in [1.165, 1.54) is 31.4 Å². The molecule has 176 valence electrons. The second kappa shape index (κ2) is 12.5. The number of hydrogen-bond donors (Lipinski definition) is 2. The summed E-state index contributed by atoms with van der Waals surface area (Å²) in [7, 11) is 0.